The van der Waals surface area contributed by atoms with Gasteiger partial charge in [0, 0.05) is 11.1 Å². The van der Waals surface area contributed by atoms with E-state index in [4.69, 9.17) is 37.9 Å². The first-order valence-electron chi connectivity index (χ1n) is 12.0. The second-order valence-corrected chi connectivity index (χ2v) is 8.74. The van der Waals surface area contributed by atoms with Gasteiger partial charge < -0.3 is 43.0 Å². The first-order chi connectivity index (χ1) is 18.4. The van der Waals surface area contributed by atoms with E-state index < -0.39 is 5.79 Å². The molecule has 3 aromatic carbocycles. The Kier molecular flexibility index (Phi) is 6.96. The minimum atomic E-state index is -1.70. The molecule has 1 N–H and O–H groups in total. The van der Waals surface area contributed by atoms with Gasteiger partial charge >= 0.3 is 0 Å². The number of benzene rings is 3. The van der Waals surface area contributed by atoms with Crippen LogP contribution in [0.15, 0.2) is 54.1 Å². The third-order valence-corrected chi connectivity index (χ3v) is 6.79. The average molecular weight is 523 g/mol. The lowest BCUT2D eigenvalue weighted by Gasteiger charge is -2.27. The summed E-state index contributed by atoms with van der Waals surface area (Å²) >= 11 is 0. The zero-order valence-corrected chi connectivity index (χ0v) is 22.0. The maximum Gasteiger partial charge on any atom is 0.231 e. The zero-order chi connectivity index (χ0) is 26.9. The van der Waals surface area contributed by atoms with Crippen LogP contribution in [0.5, 0.6) is 40.2 Å². The summed E-state index contributed by atoms with van der Waals surface area (Å²) in [7, 11) is 7.86. The molecule has 0 bridgehead atoms. The van der Waals surface area contributed by atoms with E-state index in [-0.39, 0.29) is 13.4 Å². The minimum Gasteiger partial charge on any atom is -0.497 e. The van der Waals surface area contributed by atoms with Gasteiger partial charge in [0.2, 0.25) is 24.1 Å². The molecule has 1 unspecified atom stereocenters. The predicted octanol–water partition coefficient (Wildman–Crippen LogP) is 4.33. The summed E-state index contributed by atoms with van der Waals surface area (Å²) in [5.74, 6) is 2.14. The third kappa shape index (κ3) is 4.33. The van der Waals surface area contributed by atoms with Crippen LogP contribution in [-0.2, 0) is 16.9 Å². The Morgan fingerprint density at radius 2 is 1.47 bits per heavy atom. The first kappa shape index (κ1) is 25.6. The fourth-order valence-corrected chi connectivity index (χ4v) is 4.86. The van der Waals surface area contributed by atoms with E-state index in [1.54, 1.807) is 59.8 Å². The van der Waals surface area contributed by atoms with E-state index >= 15 is 0 Å². The molecule has 9 nitrogen and oxygen atoms in total. The van der Waals surface area contributed by atoms with Crippen LogP contribution in [0.2, 0.25) is 0 Å². The highest BCUT2D eigenvalue weighted by atomic mass is 16.7. The van der Waals surface area contributed by atoms with Crippen LogP contribution >= 0.6 is 0 Å². The molecule has 9 heteroatoms. The molecule has 5 rings (SSSR count). The van der Waals surface area contributed by atoms with Gasteiger partial charge in [-0.2, -0.15) is 0 Å². The standard InChI is InChI=1S/C29H30O9/c1-31-20-8-6-19(7-9-20)29(30)22(10-17-11-23(32-2)27(35-5)24(12-17)33-3)21(15-38-29)18-13-25(34-4)28-26(14-18)36-16-37-28/h6-9,11-14,30H,10,15-16H2,1-5H3. The molecule has 3 aromatic rings. The second kappa shape index (κ2) is 10.4. The number of rotatable bonds is 9. The molecular weight excluding hydrogens is 492 g/mol. The van der Waals surface area contributed by atoms with Crippen LogP contribution in [0.3, 0.4) is 0 Å². The van der Waals surface area contributed by atoms with Gasteiger partial charge in [0.1, 0.15) is 5.75 Å². The number of hydrogen-bond donors (Lipinski definition) is 1. The fourth-order valence-electron chi connectivity index (χ4n) is 4.86. The van der Waals surface area contributed by atoms with Crippen LogP contribution in [0.25, 0.3) is 5.57 Å². The van der Waals surface area contributed by atoms with Crippen molar-refractivity contribution in [2.24, 2.45) is 0 Å². The molecule has 0 radical (unpaired) electrons. The summed E-state index contributed by atoms with van der Waals surface area (Å²) in [6.07, 6.45) is 0.325. The Hall–Kier alpha value is -4.08. The summed E-state index contributed by atoms with van der Waals surface area (Å²) in [4.78, 5) is 0. The highest BCUT2D eigenvalue weighted by Crippen LogP contribution is 2.49. The predicted molar refractivity (Wildman–Crippen MR) is 139 cm³/mol. The third-order valence-electron chi connectivity index (χ3n) is 6.79. The normalized spacial score (nSPS) is 17.9. The van der Waals surface area contributed by atoms with E-state index in [1.165, 1.54) is 0 Å². The van der Waals surface area contributed by atoms with Gasteiger partial charge in [-0.15, -0.1) is 0 Å². The van der Waals surface area contributed by atoms with Crippen molar-refractivity contribution < 1.29 is 43.0 Å². The molecule has 0 fully saturated rings. The molecular formula is C29H30O9. The average Bonchev–Trinajstić information content (AvgIpc) is 3.57. The zero-order valence-electron chi connectivity index (χ0n) is 22.0. The monoisotopic (exact) mass is 522 g/mol. The van der Waals surface area contributed by atoms with Crippen LogP contribution < -0.4 is 33.2 Å². The maximum atomic E-state index is 12.1. The summed E-state index contributed by atoms with van der Waals surface area (Å²) in [5, 5.41) is 12.1. The molecule has 1 atom stereocenters. The Morgan fingerprint density at radius 1 is 0.789 bits per heavy atom. The summed E-state index contributed by atoms with van der Waals surface area (Å²) in [6.45, 7) is 0.268. The van der Waals surface area contributed by atoms with Crippen LogP contribution in [0, 0.1) is 0 Å². The molecule has 200 valence electrons. The Balaban J connectivity index is 1.67. The first-order valence-corrected chi connectivity index (χ1v) is 12.0. The summed E-state index contributed by atoms with van der Waals surface area (Å²) < 4.78 is 44.9. The smallest absolute Gasteiger partial charge is 0.231 e. The second-order valence-electron chi connectivity index (χ2n) is 8.74. The molecule has 0 spiro atoms. The molecule has 38 heavy (non-hydrogen) atoms. The van der Waals surface area contributed by atoms with Gasteiger partial charge in [-0.05, 0) is 71.7 Å². The van der Waals surface area contributed by atoms with Gasteiger partial charge in [-0.1, -0.05) is 0 Å². The Labute approximate surface area is 221 Å². The van der Waals surface area contributed by atoms with Gasteiger partial charge in [-0.3, -0.25) is 0 Å². The van der Waals surface area contributed by atoms with E-state index in [0.29, 0.717) is 57.8 Å². The molecule has 0 aromatic heterocycles. The molecule has 0 amide bonds. The van der Waals surface area contributed by atoms with Crippen molar-refractivity contribution in [3.8, 4) is 40.2 Å². The molecule has 0 aliphatic carbocycles. The SMILES string of the molecule is COc1ccc(C2(O)OCC(c3cc(OC)c4c(c3)OCO4)=C2Cc2cc(OC)c(OC)c(OC)c2)cc1. The number of fused-ring (bicyclic) bond motifs is 1. The maximum absolute atomic E-state index is 12.1. The van der Waals surface area contributed by atoms with E-state index in [1.807, 2.05) is 24.3 Å². The Bertz CT molecular complexity index is 1340. The molecule has 2 heterocycles. The van der Waals surface area contributed by atoms with E-state index in [9.17, 15) is 5.11 Å². The van der Waals surface area contributed by atoms with Crippen molar-refractivity contribution in [3.05, 3.63) is 70.8 Å². The van der Waals surface area contributed by atoms with Gasteiger partial charge in [-0.25, -0.2) is 0 Å². The van der Waals surface area contributed by atoms with Crippen molar-refractivity contribution in [1.82, 2.24) is 0 Å². The molecule has 2 aliphatic heterocycles. The highest BCUT2D eigenvalue weighted by Gasteiger charge is 2.43. The van der Waals surface area contributed by atoms with Crippen molar-refractivity contribution in [1.29, 1.82) is 0 Å². The van der Waals surface area contributed by atoms with Crippen molar-refractivity contribution in [2.75, 3.05) is 48.9 Å². The Morgan fingerprint density at radius 3 is 2.08 bits per heavy atom. The quantitative estimate of drug-likeness (QED) is 0.441. The topological polar surface area (TPSA) is 94.1 Å². The van der Waals surface area contributed by atoms with Crippen molar-refractivity contribution in [2.45, 2.75) is 12.2 Å². The number of ether oxygens (including phenoxy) is 8. The van der Waals surface area contributed by atoms with Crippen LogP contribution in [-0.4, -0.2) is 54.1 Å². The van der Waals surface area contributed by atoms with Crippen molar-refractivity contribution >= 4 is 5.57 Å². The van der Waals surface area contributed by atoms with E-state index in [2.05, 4.69) is 0 Å². The summed E-state index contributed by atoms with van der Waals surface area (Å²) in [6, 6.07) is 14.6. The van der Waals surface area contributed by atoms with Crippen molar-refractivity contribution in [3.63, 3.8) is 0 Å². The minimum absolute atomic E-state index is 0.110. The fraction of sp³-hybridized carbons (Fsp3) is 0.310. The van der Waals surface area contributed by atoms with Crippen LogP contribution in [0.1, 0.15) is 16.7 Å². The molecule has 0 saturated carbocycles. The number of methoxy groups -OCH3 is 5. The van der Waals surface area contributed by atoms with E-state index in [0.717, 1.165) is 16.7 Å². The summed E-state index contributed by atoms with van der Waals surface area (Å²) in [5.41, 5.74) is 3.64. The van der Waals surface area contributed by atoms with Gasteiger partial charge in [0.15, 0.2) is 23.0 Å². The lowest BCUT2D eigenvalue weighted by Crippen LogP contribution is -2.29. The lowest BCUT2D eigenvalue weighted by atomic mass is 9.88. The molecule has 0 saturated heterocycles. The number of aliphatic hydroxyl groups is 1. The van der Waals surface area contributed by atoms with Crippen LogP contribution in [0.4, 0.5) is 0 Å². The van der Waals surface area contributed by atoms with Gasteiger partial charge in [0.05, 0.1) is 42.2 Å². The molecule has 2 aliphatic rings. The number of hydrogen-bond acceptors (Lipinski definition) is 9. The largest absolute Gasteiger partial charge is 0.497 e. The lowest BCUT2D eigenvalue weighted by molar-refractivity contribution is -0.162. The van der Waals surface area contributed by atoms with Gasteiger partial charge in [0.25, 0.3) is 0 Å². The highest BCUT2D eigenvalue weighted by molar-refractivity contribution is 5.77.